The van der Waals surface area contributed by atoms with E-state index in [2.05, 4.69) is 13.8 Å². The Morgan fingerprint density at radius 1 is 1.40 bits per heavy atom. The van der Waals surface area contributed by atoms with Gasteiger partial charge < -0.3 is 24.0 Å². The summed E-state index contributed by atoms with van der Waals surface area (Å²) >= 11 is 1.43. The van der Waals surface area contributed by atoms with Gasteiger partial charge in [0, 0.05) is 0 Å². The van der Waals surface area contributed by atoms with Crippen LogP contribution in [-0.4, -0.2) is 0 Å². The summed E-state index contributed by atoms with van der Waals surface area (Å²) in [4.78, 5) is 0. The van der Waals surface area contributed by atoms with Crippen molar-refractivity contribution >= 4 is 0 Å². The molecule has 0 saturated carbocycles. The maximum absolute atomic E-state index is 2.22. The third kappa shape index (κ3) is 32.9. The van der Waals surface area contributed by atoms with Crippen molar-refractivity contribution < 1.29 is 42.3 Å². The molecule has 0 amide bonds. The normalized spacial score (nSPS) is 7.40. The van der Waals surface area contributed by atoms with Crippen LogP contribution in [-0.2, 0) is 18.3 Å². The molecule has 0 aliphatic carbocycles. The molecular formula is C3H7IZn. The van der Waals surface area contributed by atoms with Crippen molar-refractivity contribution in [2.75, 3.05) is 0 Å². The molecule has 0 rings (SSSR count). The van der Waals surface area contributed by atoms with Crippen molar-refractivity contribution in [1.29, 1.82) is 0 Å². The third-order valence-corrected chi connectivity index (χ3v) is 0. The van der Waals surface area contributed by atoms with E-state index in [4.69, 9.17) is 0 Å². The van der Waals surface area contributed by atoms with E-state index < -0.39 is 0 Å². The van der Waals surface area contributed by atoms with Crippen LogP contribution in [0.2, 0.25) is 4.51 Å². The van der Waals surface area contributed by atoms with E-state index in [1.807, 2.05) is 0 Å². The van der Waals surface area contributed by atoms with Crippen LogP contribution >= 0.6 is 0 Å². The summed E-state index contributed by atoms with van der Waals surface area (Å²) in [5.74, 6) is 0. The minimum Gasteiger partial charge on any atom is -1.00 e. The van der Waals surface area contributed by atoms with Gasteiger partial charge >= 0.3 is 36.7 Å². The van der Waals surface area contributed by atoms with Crippen molar-refractivity contribution in [3.8, 4) is 0 Å². The second kappa shape index (κ2) is 5.35. The molecular weight excluding hydrogens is 228 g/mol. The first-order valence-electron chi connectivity index (χ1n) is 1.56. The van der Waals surface area contributed by atoms with Crippen LogP contribution in [0.25, 0.3) is 0 Å². The molecule has 0 aromatic heterocycles. The average Bonchev–Trinajstić information content (AvgIpc) is 0.811. The van der Waals surface area contributed by atoms with Gasteiger partial charge in [-0.2, -0.15) is 0 Å². The summed E-state index contributed by atoms with van der Waals surface area (Å²) in [6.07, 6.45) is 0. The van der Waals surface area contributed by atoms with Crippen LogP contribution in [0.5, 0.6) is 0 Å². The fraction of sp³-hybridized carbons (Fsp3) is 1.00. The van der Waals surface area contributed by atoms with E-state index in [1.165, 1.54) is 18.3 Å². The average molecular weight is 235 g/mol. The minimum atomic E-state index is 0. The van der Waals surface area contributed by atoms with Gasteiger partial charge in [-0.25, -0.2) is 0 Å². The number of hydrogen-bond acceptors (Lipinski definition) is 0. The second-order valence-electron chi connectivity index (χ2n) is 1.39. The zero-order chi connectivity index (χ0) is 3.58. The van der Waals surface area contributed by atoms with Crippen molar-refractivity contribution in [2.24, 2.45) is 0 Å². The van der Waals surface area contributed by atoms with Gasteiger partial charge in [-0.3, -0.25) is 0 Å². The maximum Gasteiger partial charge on any atom is -1.00 e. The number of hydrogen-bond donors (Lipinski definition) is 0. The fourth-order valence-electron chi connectivity index (χ4n) is 0. The first-order chi connectivity index (χ1) is 1.73. The molecule has 0 aliphatic heterocycles. The van der Waals surface area contributed by atoms with E-state index in [-0.39, 0.29) is 24.0 Å². The van der Waals surface area contributed by atoms with Crippen LogP contribution in [0.3, 0.4) is 0 Å². The summed E-state index contributed by atoms with van der Waals surface area (Å²) < 4.78 is 0.958. The predicted octanol–water partition coefficient (Wildman–Crippen LogP) is -1.63. The molecule has 0 radical (unpaired) electrons. The van der Waals surface area contributed by atoms with Gasteiger partial charge in [0.05, 0.1) is 0 Å². The maximum atomic E-state index is 2.22. The van der Waals surface area contributed by atoms with E-state index in [0.717, 1.165) is 4.51 Å². The van der Waals surface area contributed by atoms with Gasteiger partial charge in [0.25, 0.3) is 0 Å². The molecule has 0 fully saturated rings. The molecule has 0 nitrogen and oxygen atoms in total. The zero-order valence-electron chi connectivity index (χ0n) is 3.66. The SMILES string of the molecule is C[CH](C)[Zn+].[I-]. The summed E-state index contributed by atoms with van der Waals surface area (Å²) in [7, 11) is 0. The number of halogens is 1. The molecule has 0 aromatic carbocycles. The van der Waals surface area contributed by atoms with Gasteiger partial charge in [0.1, 0.15) is 0 Å². The van der Waals surface area contributed by atoms with E-state index in [9.17, 15) is 0 Å². The first kappa shape index (κ1) is 9.61. The first-order valence-corrected chi connectivity index (χ1v) is 3.28. The molecule has 0 unspecified atom stereocenters. The summed E-state index contributed by atoms with van der Waals surface area (Å²) in [6, 6.07) is 0. The van der Waals surface area contributed by atoms with E-state index >= 15 is 0 Å². The monoisotopic (exact) mass is 234 g/mol. The molecule has 5 heavy (non-hydrogen) atoms. The van der Waals surface area contributed by atoms with E-state index in [0.29, 0.717) is 0 Å². The summed E-state index contributed by atoms with van der Waals surface area (Å²) in [5.41, 5.74) is 0. The minimum absolute atomic E-state index is 0. The molecule has 0 aliphatic rings. The van der Waals surface area contributed by atoms with Crippen molar-refractivity contribution in [1.82, 2.24) is 0 Å². The van der Waals surface area contributed by atoms with Crippen LogP contribution < -0.4 is 24.0 Å². The Kier molecular flexibility index (Phi) is 10.3. The quantitative estimate of drug-likeness (QED) is 0.349. The molecule has 2 heteroatoms. The molecule has 0 N–H and O–H groups in total. The van der Waals surface area contributed by atoms with Crippen LogP contribution in [0.1, 0.15) is 13.8 Å². The van der Waals surface area contributed by atoms with Gasteiger partial charge in [-0.05, 0) is 0 Å². The van der Waals surface area contributed by atoms with Gasteiger partial charge in [0.2, 0.25) is 0 Å². The molecule has 28 valence electrons. The Hall–Kier alpha value is 1.35. The van der Waals surface area contributed by atoms with Crippen LogP contribution in [0.15, 0.2) is 0 Å². The molecule has 0 spiro atoms. The van der Waals surface area contributed by atoms with E-state index in [1.54, 1.807) is 0 Å². The molecule has 0 aromatic rings. The molecule has 0 heterocycles. The fourth-order valence-corrected chi connectivity index (χ4v) is 0. The van der Waals surface area contributed by atoms with Crippen LogP contribution in [0, 0.1) is 0 Å². The predicted molar refractivity (Wildman–Crippen MR) is 15.1 cm³/mol. The largest absolute Gasteiger partial charge is 1.00 e. The smallest absolute Gasteiger partial charge is 1.00 e. The van der Waals surface area contributed by atoms with Crippen molar-refractivity contribution in [3.63, 3.8) is 0 Å². The standard InChI is InChI=1S/C3H7.HI.Zn/c1-3-2;;/h3H,1-2H3;1H;/q;;+1/p-1. The summed E-state index contributed by atoms with van der Waals surface area (Å²) in [5, 5.41) is 0. The van der Waals surface area contributed by atoms with Crippen LogP contribution in [0.4, 0.5) is 0 Å². The van der Waals surface area contributed by atoms with Gasteiger partial charge in [0.15, 0.2) is 0 Å². The van der Waals surface area contributed by atoms with Gasteiger partial charge in [-0.15, -0.1) is 0 Å². The Morgan fingerprint density at radius 3 is 1.40 bits per heavy atom. The molecule has 0 atom stereocenters. The summed E-state index contributed by atoms with van der Waals surface area (Å²) in [6.45, 7) is 4.44. The Bertz CT molecular complexity index is 11.6. The Labute approximate surface area is 60.4 Å². The Morgan fingerprint density at radius 2 is 1.40 bits per heavy atom. The topological polar surface area (TPSA) is 0 Å². The number of rotatable bonds is 0. The van der Waals surface area contributed by atoms with Crippen molar-refractivity contribution in [3.05, 3.63) is 0 Å². The molecule has 0 bridgehead atoms. The molecule has 0 saturated heterocycles. The Balaban J connectivity index is 0. The van der Waals surface area contributed by atoms with Gasteiger partial charge in [-0.1, -0.05) is 0 Å². The zero-order valence-corrected chi connectivity index (χ0v) is 8.79. The van der Waals surface area contributed by atoms with Crippen molar-refractivity contribution in [2.45, 2.75) is 18.4 Å². The third-order valence-electron chi connectivity index (χ3n) is 0. The second-order valence-corrected chi connectivity index (χ2v) is 4.82.